The van der Waals surface area contributed by atoms with Gasteiger partial charge in [-0.25, -0.2) is 0 Å². The van der Waals surface area contributed by atoms with E-state index in [9.17, 15) is 17.6 Å². The molecule has 1 N–H and O–H groups in total. The lowest BCUT2D eigenvalue weighted by atomic mass is 10.2. The first-order valence-electron chi connectivity index (χ1n) is 7.03. The van der Waals surface area contributed by atoms with E-state index < -0.39 is 12.6 Å². The zero-order valence-electron chi connectivity index (χ0n) is 12.8. The molecule has 0 atom stereocenters. The minimum absolute atomic E-state index is 0.0119. The van der Waals surface area contributed by atoms with E-state index in [0.29, 0.717) is 5.56 Å². The number of hydrogen-bond acceptors (Lipinski definition) is 5. The summed E-state index contributed by atoms with van der Waals surface area (Å²) >= 11 is 0. The molecule has 0 saturated heterocycles. The number of fused-ring (bicyclic) bond motifs is 2. The van der Waals surface area contributed by atoms with Gasteiger partial charge in [0.25, 0.3) is 0 Å². The van der Waals surface area contributed by atoms with Gasteiger partial charge < -0.3 is 24.1 Å². The number of halogens is 4. The Balaban J connectivity index is 0.000000146. The van der Waals surface area contributed by atoms with Crippen LogP contribution in [0.5, 0.6) is 23.0 Å². The van der Waals surface area contributed by atoms with Crippen molar-refractivity contribution < 1.29 is 41.6 Å². The maximum atomic E-state index is 12.5. The number of ether oxygens (including phenoxy) is 4. The van der Waals surface area contributed by atoms with Crippen LogP contribution in [-0.2, 0) is 6.61 Å². The van der Waals surface area contributed by atoms with Crippen LogP contribution in [0.15, 0.2) is 36.4 Å². The fourth-order valence-electron chi connectivity index (χ4n) is 2.15. The second-order valence-corrected chi connectivity index (χ2v) is 5.22. The SMILES string of the molecule is Cc1ccc2c(c1)OC(F)(F)O2.OCc1ccc2c(c1)OC(F)(F)O2. The van der Waals surface area contributed by atoms with Crippen LogP contribution in [0.2, 0.25) is 0 Å². The van der Waals surface area contributed by atoms with Gasteiger partial charge in [0.2, 0.25) is 0 Å². The van der Waals surface area contributed by atoms with Crippen molar-refractivity contribution in [3.63, 3.8) is 0 Å². The average molecular weight is 360 g/mol. The van der Waals surface area contributed by atoms with E-state index in [4.69, 9.17) is 5.11 Å². The molecule has 0 radical (unpaired) electrons. The number of rotatable bonds is 1. The zero-order valence-corrected chi connectivity index (χ0v) is 12.8. The van der Waals surface area contributed by atoms with Gasteiger partial charge in [0, 0.05) is 0 Å². The van der Waals surface area contributed by atoms with E-state index >= 15 is 0 Å². The summed E-state index contributed by atoms with van der Waals surface area (Å²) in [6, 6.07) is 8.80. The highest BCUT2D eigenvalue weighted by Crippen LogP contribution is 2.41. The molecule has 0 spiro atoms. The molecule has 5 nitrogen and oxygen atoms in total. The summed E-state index contributed by atoms with van der Waals surface area (Å²) in [6.07, 6.45) is -7.09. The van der Waals surface area contributed by atoms with Gasteiger partial charge in [-0.15, -0.1) is 17.6 Å². The summed E-state index contributed by atoms with van der Waals surface area (Å²) in [6.45, 7) is 1.57. The topological polar surface area (TPSA) is 57.2 Å². The highest BCUT2D eigenvalue weighted by molar-refractivity contribution is 5.45. The number of aliphatic hydroxyl groups excluding tert-OH is 1. The molecule has 0 aromatic heterocycles. The number of alkyl halides is 4. The van der Waals surface area contributed by atoms with E-state index in [1.807, 2.05) is 0 Å². The maximum Gasteiger partial charge on any atom is 0.586 e. The van der Waals surface area contributed by atoms with Gasteiger partial charge in [-0.2, -0.15) is 0 Å². The predicted molar refractivity (Wildman–Crippen MR) is 75.9 cm³/mol. The molecule has 0 bridgehead atoms. The molecule has 2 aliphatic heterocycles. The molecular formula is C16H12F4O5. The van der Waals surface area contributed by atoms with Crippen LogP contribution >= 0.6 is 0 Å². The molecule has 0 unspecified atom stereocenters. The molecule has 9 heteroatoms. The fraction of sp³-hybridized carbons (Fsp3) is 0.250. The third kappa shape index (κ3) is 3.87. The third-order valence-electron chi connectivity index (χ3n) is 3.21. The Morgan fingerprint density at radius 2 is 1.24 bits per heavy atom. The minimum Gasteiger partial charge on any atom is -0.395 e. The standard InChI is InChI=1S/C8H6F2O3.C8H6F2O2/c9-8(10)12-6-2-1-5(4-11)3-7(6)13-8;1-5-2-3-6-7(4-5)12-8(9,10)11-6/h1-3,11H,4H2;2-4H,1H3. The molecule has 0 aliphatic carbocycles. The van der Waals surface area contributed by atoms with Crippen LogP contribution in [0.3, 0.4) is 0 Å². The first-order chi connectivity index (χ1) is 11.7. The Hall–Kier alpha value is -2.68. The van der Waals surface area contributed by atoms with Crippen LogP contribution in [0.25, 0.3) is 0 Å². The van der Waals surface area contributed by atoms with Crippen LogP contribution in [0, 0.1) is 6.92 Å². The summed E-state index contributed by atoms with van der Waals surface area (Å²) in [5, 5.41) is 8.72. The lowest BCUT2D eigenvalue weighted by Crippen LogP contribution is -2.25. The number of hydrogen-bond donors (Lipinski definition) is 1. The normalized spacial score (nSPS) is 17.7. The molecule has 134 valence electrons. The number of aliphatic hydroxyl groups is 1. The summed E-state index contributed by atoms with van der Waals surface area (Å²) in [4.78, 5) is 0. The smallest absolute Gasteiger partial charge is 0.395 e. The molecule has 4 rings (SSSR count). The van der Waals surface area contributed by atoms with Crippen molar-refractivity contribution in [2.75, 3.05) is 0 Å². The summed E-state index contributed by atoms with van der Waals surface area (Å²) in [5.41, 5.74) is 1.36. The van der Waals surface area contributed by atoms with Gasteiger partial charge in [-0.1, -0.05) is 12.1 Å². The van der Waals surface area contributed by atoms with Gasteiger partial charge >= 0.3 is 12.6 Å². The van der Waals surface area contributed by atoms with Crippen molar-refractivity contribution in [3.8, 4) is 23.0 Å². The second-order valence-electron chi connectivity index (χ2n) is 5.22. The molecule has 2 heterocycles. The van der Waals surface area contributed by atoms with E-state index in [1.54, 1.807) is 13.0 Å². The second kappa shape index (κ2) is 5.99. The molecule has 2 aliphatic rings. The van der Waals surface area contributed by atoms with Gasteiger partial charge in [-0.05, 0) is 42.3 Å². The van der Waals surface area contributed by atoms with Crippen molar-refractivity contribution in [1.82, 2.24) is 0 Å². The van der Waals surface area contributed by atoms with Crippen LogP contribution in [0.1, 0.15) is 11.1 Å². The van der Waals surface area contributed by atoms with Crippen LogP contribution in [0.4, 0.5) is 17.6 Å². The van der Waals surface area contributed by atoms with Gasteiger partial charge in [-0.3, -0.25) is 0 Å². The van der Waals surface area contributed by atoms with E-state index in [2.05, 4.69) is 18.9 Å². The molecule has 0 saturated carbocycles. The van der Waals surface area contributed by atoms with Crippen molar-refractivity contribution in [1.29, 1.82) is 0 Å². The Kier molecular flexibility index (Phi) is 4.11. The van der Waals surface area contributed by atoms with E-state index in [-0.39, 0.29) is 29.6 Å². The summed E-state index contributed by atoms with van der Waals surface area (Å²) < 4.78 is 66.5. The Morgan fingerprint density at radius 1 is 0.760 bits per heavy atom. The Morgan fingerprint density at radius 3 is 1.80 bits per heavy atom. The summed E-state index contributed by atoms with van der Waals surface area (Å²) in [7, 11) is 0. The Labute approximate surface area is 139 Å². The average Bonchev–Trinajstić information content (AvgIpc) is 2.99. The van der Waals surface area contributed by atoms with Gasteiger partial charge in [0.15, 0.2) is 23.0 Å². The van der Waals surface area contributed by atoms with E-state index in [1.165, 1.54) is 30.3 Å². The molecule has 0 amide bonds. The van der Waals surface area contributed by atoms with Crippen molar-refractivity contribution in [2.24, 2.45) is 0 Å². The number of benzene rings is 2. The fourth-order valence-corrected chi connectivity index (χ4v) is 2.15. The number of aryl methyl sites for hydroxylation is 1. The molecule has 0 fully saturated rings. The monoisotopic (exact) mass is 360 g/mol. The maximum absolute atomic E-state index is 12.5. The minimum atomic E-state index is -3.59. The van der Waals surface area contributed by atoms with Gasteiger partial charge in [0.05, 0.1) is 6.61 Å². The van der Waals surface area contributed by atoms with E-state index in [0.717, 1.165) is 5.56 Å². The highest BCUT2D eigenvalue weighted by atomic mass is 19.3. The van der Waals surface area contributed by atoms with Crippen LogP contribution < -0.4 is 18.9 Å². The molecule has 25 heavy (non-hydrogen) atoms. The van der Waals surface area contributed by atoms with Crippen molar-refractivity contribution in [3.05, 3.63) is 47.5 Å². The summed E-state index contributed by atoms with van der Waals surface area (Å²) in [5.74, 6) is 0.129. The molecular weight excluding hydrogens is 348 g/mol. The lowest BCUT2D eigenvalue weighted by molar-refractivity contribution is -0.287. The Bertz CT molecular complexity index is 794. The molecule has 2 aromatic carbocycles. The molecule has 2 aromatic rings. The lowest BCUT2D eigenvalue weighted by Gasteiger charge is -2.04. The quantitative estimate of drug-likeness (QED) is 0.784. The first kappa shape index (κ1) is 17.2. The van der Waals surface area contributed by atoms with Crippen molar-refractivity contribution in [2.45, 2.75) is 26.1 Å². The highest BCUT2D eigenvalue weighted by Gasteiger charge is 2.44. The predicted octanol–water partition coefficient (Wildman–Crippen LogP) is 3.82. The largest absolute Gasteiger partial charge is 0.586 e. The first-order valence-corrected chi connectivity index (χ1v) is 7.03. The zero-order chi connectivity index (χ0) is 18.2. The van der Waals surface area contributed by atoms with Crippen LogP contribution in [-0.4, -0.2) is 17.7 Å². The van der Waals surface area contributed by atoms with Crippen molar-refractivity contribution >= 4 is 0 Å². The van der Waals surface area contributed by atoms with Gasteiger partial charge in [0.1, 0.15) is 0 Å². The third-order valence-corrected chi connectivity index (χ3v) is 3.21.